The Morgan fingerprint density at radius 2 is 1.86 bits per heavy atom. The van der Waals surface area contributed by atoms with Gasteiger partial charge in [-0.25, -0.2) is 0 Å². The third-order valence-electron chi connectivity index (χ3n) is 4.00. The molecule has 0 aliphatic heterocycles. The minimum Gasteiger partial charge on any atom is -0.393 e. The van der Waals surface area contributed by atoms with Crippen LogP contribution in [0.1, 0.15) is 31.2 Å². The van der Waals surface area contributed by atoms with Crippen LogP contribution in [0, 0.1) is 5.92 Å². The Morgan fingerprint density at radius 1 is 1.09 bits per heavy atom. The topological polar surface area (TPSA) is 78.4 Å². The highest BCUT2D eigenvalue weighted by molar-refractivity contribution is 5.85. The molecule has 1 fully saturated rings. The summed E-state index contributed by atoms with van der Waals surface area (Å²) in [5.74, 6) is 0.00336. The number of rotatable bonds is 6. The fourth-order valence-electron chi connectivity index (χ4n) is 2.79. The molecule has 1 aromatic carbocycles. The molecule has 3 N–H and O–H groups in total. The first kappa shape index (κ1) is 16.5. The molecule has 5 heteroatoms. The van der Waals surface area contributed by atoms with Gasteiger partial charge in [-0.05, 0) is 30.7 Å². The molecule has 1 aromatic rings. The number of hydrogen-bond donors (Lipinski definition) is 3. The van der Waals surface area contributed by atoms with Gasteiger partial charge in [0, 0.05) is 6.54 Å². The van der Waals surface area contributed by atoms with Crippen LogP contribution < -0.4 is 10.6 Å². The van der Waals surface area contributed by atoms with Gasteiger partial charge in [0.1, 0.15) is 0 Å². The number of aliphatic hydroxyl groups excluding tert-OH is 1. The second kappa shape index (κ2) is 8.54. The van der Waals surface area contributed by atoms with Crippen molar-refractivity contribution in [3.63, 3.8) is 0 Å². The molecule has 0 bridgehead atoms. The lowest BCUT2D eigenvalue weighted by Crippen LogP contribution is -2.40. The number of nitrogens with one attached hydrogen (secondary N) is 2. The zero-order chi connectivity index (χ0) is 15.8. The molecule has 1 aliphatic rings. The number of benzene rings is 1. The van der Waals surface area contributed by atoms with Crippen LogP contribution in [-0.2, 0) is 16.0 Å². The number of carbonyl (C=O) groups excluding carboxylic acids is 2. The highest BCUT2D eigenvalue weighted by Gasteiger charge is 2.20. The molecule has 2 unspecified atom stereocenters. The average Bonchev–Trinajstić information content (AvgIpc) is 2.52. The zero-order valence-corrected chi connectivity index (χ0v) is 12.8. The van der Waals surface area contributed by atoms with Crippen LogP contribution in [0.2, 0.25) is 0 Å². The Morgan fingerprint density at radius 3 is 2.59 bits per heavy atom. The molecule has 22 heavy (non-hydrogen) atoms. The van der Waals surface area contributed by atoms with E-state index < -0.39 is 0 Å². The third-order valence-corrected chi connectivity index (χ3v) is 4.00. The van der Waals surface area contributed by atoms with E-state index in [-0.39, 0.29) is 30.9 Å². The van der Waals surface area contributed by atoms with E-state index in [2.05, 4.69) is 10.6 Å². The van der Waals surface area contributed by atoms with Gasteiger partial charge in [0.25, 0.3) is 0 Å². The summed E-state index contributed by atoms with van der Waals surface area (Å²) in [4.78, 5) is 23.5. The predicted octanol–water partition coefficient (Wildman–Crippen LogP) is 1.01. The van der Waals surface area contributed by atoms with Gasteiger partial charge in [-0.3, -0.25) is 9.59 Å². The zero-order valence-electron chi connectivity index (χ0n) is 12.8. The SMILES string of the molecule is O=C(CNC(=O)Cc1ccccc1)NCC1CCCC(O)C1. The Hall–Kier alpha value is -1.88. The number of aliphatic hydroxyl groups is 1. The quantitative estimate of drug-likeness (QED) is 0.734. The summed E-state index contributed by atoms with van der Waals surface area (Å²) in [5.41, 5.74) is 0.927. The van der Waals surface area contributed by atoms with Crippen LogP contribution in [0.3, 0.4) is 0 Å². The molecular weight excluding hydrogens is 280 g/mol. The molecule has 0 spiro atoms. The smallest absolute Gasteiger partial charge is 0.239 e. The third kappa shape index (κ3) is 5.85. The van der Waals surface area contributed by atoms with Crippen molar-refractivity contribution >= 4 is 11.8 Å². The lowest BCUT2D eigenvalue weighted by molar-refractivity contribution is -0.125. The Labute approximate surface area is 131 Å². The monoisotopic (exact) mass is 304 g/mol. The summed E-state index contributed by atoms with van der Waals surface area (Å²) in [5, 5.41) is 15.0. The molecule has 2 amide bonds. The van der Waals surface area contributed by atoms with Gasteiger partial charge in [-0.2, -0.15) is 0 Å². The van der Waals surface area contributed by atoms with E-state index >= 15 is 0 Å². The standard InChI is InChI=1S/C17H24N2O3/c20-15-8-4-7-14(9-15)11-18-17(22)12-19-16(21)10-13-5-2-1-3-6-13/h1-3,5-6,14-15,20H,4,7-12H2,(H,18,22)(H,19,21). The molecule has 1 aliphatic carbocycles. The summed E-state index contributed by atoms with van der Waals surface area (Å²) < 4.78 is 0. The summed E-state index contributed by atoms with van der Waals surface area (Å²) >= 11 is 0. The molecule has 0 saturated heterocycles. The molecule has 0 heterocycles. The van der Waals surface area contributed by atoms with Crippen molar-refractivity contribution in [2.24, 2.45) is 5.92 Å². The molecular formula is C17H24N2O3. The van der Waals surface area contributed by atoms with Crippen molar-refractivity contribution in [3.05, 3.63) is 35.9 Å². The van der Waals surface area contributed by atoms with E-state index in [1.807, 2.05) is 30.3 Å². The van der Waals surface area contributed by atoms with Gasteiger partial charge < -0.3 is 15.7 Å². The predicted molar refractivity (Wildman–Crippen MR) is 84.1 cm³/mol. The second-order valence-corrected chi connectivity index (χ2v) is 5.93. The molecule has 5 nitrogen and oxygen atoms in total. The summed E-state index contributed by atoms with van der Waals surface area (Å²) in [6, 6.07) is 9.43. The van der Waals surface area contributed by atoms with E-state index in [1.54, 1.807) is 0 Å². The van der Waals surface area contributed by atoms with Crippen molar-refractivity contribution in [2.45, 2.75) is 38.2 Å². The number of carbonyl (C=O) groups is 2. The van der Waals surface area contributed by atoms with Crippen molar-refractivity contribution in [3.8, 4) is 0 Å². The maximum absolute atomic E-state index is 11.7. The minimum absolute atomic E-state index is 0.000933. The molecule has 2 rings (SSSR count). The average molecular weight is 304 g/mol. The minimum atomic E-state index is -0.235. The Bertz CT molecular complexity index is 490. The normalized spacial score (nSPS) is 21.1. The maximum Gasteiger partial charge on any atom is 0.239 e. The van der Waals surface area contributed by atoms with Crippen LogP contribution in [0.4, 0.5) is 0 Å². The first-order valence-corrected chi connectivity index (χ1v) is 7.89. The Balaban J connectivity index is 1.62. The van der Waals surface area contributed by atoms with Gasteiger partial charge in [0.2, 0.25) is 11.8 Å². The van der Waals surface area contributed by atoms with Crippen molar-refractivity contribution in [1.29, 1.82) is 0 Å². The largest absolute Gasteiger partial charge is 0.393 e. The van der Waals surface area contributed by atoms with Crippen molar-refractivity contribution < 1.29 is 14.7 Å². The van der Waals surface area contributed by atoms with Gasteiger partial charge in [0.15, 0.2) is 0 Å². The molecule has 2 atom stereocenters. The van der Waals surface area contributed by atoms with E-state index in [0.717, 1.165) is 31.2 Å². The van der Waals surface area contributed by atoms with Gasteiger partial charge in [-0.15, -0.1) is 0 Å². The van der Waals surface area contributed by atoms with E-state index in [4.69, 9.17) is 0 Å². The summed E-state index contributed by atoms with van der Waals surface area (Å²) in [6.45, 7) is 0.575. The summed E-state index contributed by atoms with van der Waals surface area (Å²) in [7, 11) is 0. The first-order valence-electron chi connectivity index (χ1n) is 7.89. The Kier molecular flexibility index (Phi) is 6.40. The molecule has 0 radical (unpaired) electrons. The molecule has 1 saturated carbocycles. The van der Waals surface area contributed by atoms with Gasteiger partial charge >= 0.3 is 0 Å². The van der Waals surface area contributed by atoms with E-state index in [9.17, 15) is 14.7 Å². The fraction of sp³-hybridized carbons (Fsp3) is 0.529. The van der Waals surface area contributed by atoms with Crippen LogP contribution in [0.25, 0.3) is 0 Å². The van der Waals surface area contributed by atoms with Crippen LogP contribution in [0.15, 0.2) is 30.3 Å². The van der Waals surface area contributed by atoms with Gasteiger partial charge in [-0.1, -0.05) is 36.8 Å². The lowest BCUT2D eigenvalue weighted by Gasteiger charge is -2.25. The van der Waals surface area contributed by atoms with E-state index in [1.165, 1.54) is 0 Å². The van der Waals surface area contributed by atoms with Crippen LogP contribution in [0.5, 0.6) is 0 Å². The maximum atomic E-state index is 11.7. The first-order chi connectivity index (χ1) is 10.6. The number of amides is 2. The molecule has 0 aromatic heterocycles. The molecule has 120 valence electrons. The van der Waals surface area contributed by atoms with Gasteiger partial charge in [0.05, 0.1) is 19.1 Å². The van der Waals surface area contributed by atoms with Crippen molar-refractivity contribution in [1.82, 2.24) is 10.6 Å². The highest BCUT2D eigenvalue weighted by Crippen LogP contribution is 2.23. The highest BCUT2D eigenvalue weighted by atomic mass is 16.3. The van der Waals surface area contributed by atoms with E-state index in [0.29, 0.717) is 12.5 Å². The van der Waals surface area contributed by atoms with Crippen LogP contribution >= 0.6 is 0 Å². The number of hydrogen-bond acceptors (Lipinski definition) is 3. The fourth-order valence-corrected chi connectivity index (χ4v) is 2.79. The second-order valence-electron chi connectivity index (χ2n) is 5.93. The summed E-state index contributed by atoms with van der Waals surface area (Å²) in [6.07, 6.45) is 3.71. The van der Waals surface area contributed by atoms with Crippen LogP contribution in [-0.4, -0.2) is 36.1 Å². The lowest BCUT2D eigenvalue weighted by atomic mass is 9.87. The van der Waals surface area contributed by atoms with Crippen molar-refractivity contribution in [2.75, 3.05) is 13.1 Å².